The smallest absolute Gasteiger partial charge is 0.234 e. The van der Waals surface area contributed by atoms with Crippen molar-refractivity contribution in [1.29, 1.82) is 0 Å². The molecular formula is C16H33N3O. The predicted octanol–water partition coefficient (Wildman–Crippen LogP) is 2.27. The van der Waals surface area contributed by atoms with Gasteiger partial charge in [-0.15, -0.1) is 0 Å². The molecule has 1 rings (SSSR count). The molecule has 0 aliphatic carbocycles. The molecule has 0 aromatic heterocycles. The first-order valence-corrected chi connectivity index (χ1v) is 8.33. The topological polar surface area (TPSA) is 58.4 Å². The molecule has 1 saturated heterocycles. The van der Waals surface area contributed by atoms with Gasteiger partial charge in [-0.1, -0.05) is 32.6 Å². The van der Waals surface area contributed by atoms with Crippen LogP contribution >= 0.6 is 0 Å². The van der Waals surface area contributed by atoms with E-state index in [1.54, 1.807) is 0 Å². The van der Waals surface area contributed by atoms with Crippen LogP contribution in [0.1, 0.15) is 65.7 Å². The normalized spacial score (nSPS) is 25.4. The summed E-state index contributed by atoms with van der Waals surface area (Å²) in [7, 11) is 0. The van der Waals surface area contributed by atoms with Gasteiger partial charge >= 0.3 is 0 Å². The van der Waals surface area contributed by atoms with E-state index >= 15 is 0 Å². The van der Waals surface area contributed by atoms with Crippen molar-refractivity contribution in [1.82, 2.24) is 10.2 Å². The molecule has 1 heterocycles. The molecule has 3 atom stereocenters. The van der Waals surface area contributed by atoms with E-state index in [0.717, 1.165) is 12.8 Å². The number of carbonyl (C=O) groups excluding carboxylic acids is 1. The number of hydrogen-bond donors (Lipinski definition) is 2. The van der Waals surface area contributed by atoms with Crippen molar-refractivity contribution in [3.05, 3.63) is 0 Å². The number of amides is 1. The fourth-order valence-electron chi connectivity index (χ4n) is 3.14. The Hall–Kier alpha value is -0.610. The molecule has 0 radical (unpaired) electrons. The van der Waals surface area contributed by atoms with Crippen LogP contribution in [0.25, 0.3) is 0 Å². The van der Waals surface area contributed by atoms with Gasteiger partial charge in [-0.25, -0.2) is 0 Å². The van der Waals surface area contributed by atoms with Gasteiger partial charge in [-0.2, -0.15) is 0 Å². The van der Waals surface area contributed by atoms with Crippen LogP contribution in [-0.2, 0) is 4.79 Å². The molecule has 0 saturated carbocycles. The Balaban J connectivity index is 2.35. The molecule has 0 bridgehead atoms. The second-order valence-electron chi connectivity index (χ2n) is 6.31. The number of nitrogens with zero attached hydrogens (tertiary/aromatic N) is 1. The summed E-state index contributed by atoms with van der Waals surface area (Å²) in [6.45, 7) is 7.67. The van der Waals surface area contributed by atoms with E-state index in [-0.39, 0.29) is 11.9 Å². The lowest BCUT2D eigenvalue weighted by molar-refractivity contribution is -0.124. The highest BCUT2D eigenvalue weighted by atomic mass is 16.2. The van der Waals surface area contributed by atoms with E-state index in [1.807, 2.05) is 0 Å². The summed E-state index contributed by atoms with van der Waals surface area (Å²) in [4.78, 5) is 14.5. The summed E-state index contributed by atoms with van der Waals surface area (Å²) in [5.41, 5.74) is 5.84. The molecule has 118 valence electrons. The Morgan fingerprint density at radius 1 is 1.40 bits per heavy atom. The number of unbranched alkanes of at least 4 members (excludes halogenated alkanes) is 2. The van der Waals surface area contributed by atoms with E-state index in [9.17, 15) is 4.79 Å². The van der Waals surface area contributed by atoms with Gasteiger partial charge in [0.1, 0.15) is 0 Å². The highest BCUT2D eigenvalue weighted by Crippen LogP contribution is 2.21. The van der Waals surface area contributed by atoms with Crippen molar-refractivity contribution in [3.8, 4) is 0 Å². The first-order valence-electron chi connectivity index (χ1n) is 8.33. The lowest BCUT2D eigenvalue weighted by Gasteiger charge is -2.39. The van der Waals surface area contributed by atoms with E-state index in [4.69, 9.17) is 5.73 Å². The number of piperidine rings is 1. The van der Waals surface area contributed by atoms with Crippen molar-refractivity contribution < 1.29 is 4.79 Å². The summed E-state index contributed by atoms with van der Waals surface area (Å²) in [5, 5.41) is 3.13. The third-order valence-corrected chi connectivity index (χ3v) is 4.44. The molecule has 4 heteroatoms. The zero-order valence-electron chi connectivity index (χ0n) is 13.5. The average Bonchev–Trinajstić information content (AvgIpc) is 2.41. The Bertz CT molecular complexity index is 283. The summed E-state index contributed by atoms with van der Waals surface area (Å²) in [6.07, 6.45) is 8.28. The van der Waals surface area contributed by atoms with Crippen molar-refractivity contribution in [2.45, 2.75) is 83.8 Å². The van der Waals surface area contributed by atoms with Crippen molar-refractivity contribution >= 4 is 5.91 Å². The molecule has 4 nitrogen and oxygen atoms in total. The number of likely N-dealkylation sites (tertiary alicyclic amines) is 1. The third kappa shape index (κ3) is 5.80. The molecule has 20 heavy (non-hydrogen) atoms. The van der Waals surface area contributed by atoms with Crippen LogP contribution in [-0.4, -0.2) is 42.0 Å². The number of nitrogens with one attached hydrogen (secondary N) is 1. The summed E-state index contributed by atoms with van der Waals surface area (Å²) < 4.78 is 0. The minimum atomic E-state index is 0.154. The van der Waals surface area contributed by atoms with Crippen LogP contribution in [0, 0.1) is 0 Å². The van der Waals surface area contributed by atoms with Crippen LogP contribution in [0.15, 0.2) is 0 Å². The van der Waals surface area contributed by atoms with Crippen LogP contribution in [0.5, 0.6) is 0 Å². The van der Waals surface area contributed by atoms with Crippen LogP contribution in [0.3, 0.4) is 0 Å². The van der Waals surface area contributed by atoms with E-state index in [1.165, 1.54) is 32.1 Å². The third-order valence-electron chi connectivity index (χ3n) is 4.44. The van der Waals surface area contributed by atoms with Crippen molar-refractivity contribution in [2.24, 2.45) is 5.73 Å². The SMILES string of the molecule is CCCCCC(C)NC(=O)CN1C(C)CCCC1CN. The van der Waals surface area contributed by atoms with Gasteiger partial charge in [0.2, 0.25) is 5.91 Å². The fourth-order valence-corrected chi connectivity index (χ4v) is 3.14. The molecule has 0 aromatic carbocycles. The second-order valence-corrected chi connectivity index (χ2v) is 6.31. The second kappa shape index (κ2) is 9.35. The number of hydrogen-bond acceptors (Lipinski definition) is 3. The summed E-state index contributed by atoms with van der Waals surface area (Å²) in [5.74, 6) is 0.154. The maximum absolute atomic E-state index is 12.2. The molecule has 3 unspecified atom stereocenters. The Kier molecular flexibility index (Phi) is 8.15. The molecule has 1 fully saturated rings. The van der Waals surface area contributed by atoms with Gasteiger partial charge in [0, 0.05) is 24.7 Å². The minimum absolute atomic E-state index is 0.154. The highest BCUT2D eigenvalue weighted by molar-refractivity contribution is 5.78. The zero-order valence-corrected chi connectivity index (χ0v) is 13.5. The van der Waals surface area contributed by atoms with Gasteiger partial charge in [0.05, 0.1) is 6.54 Å². The maximum Gasteiger partial charge on any atom is 0.234 e. The first-order chi connectivity index (χ1) is 9.58. The molecule has 0 spiro atoms. The number of nitrogens with two attached hydrogens (primary N) is 1. The molecule has 0 aromatic rings. The molecule has 1 aliphatic heterocycles. The van der Waals surface area contributed by atoms with Crippen molar-refractivity contribution in [3.63, 3.8) is 0 Å². The predicted molar refractivity (Wildman–Crippen MR) is 84.6 cm³/mol. The lowest BCUT2D eigenvalue weighted by atomic mass is 9.96. The number of carbonyl (C=O) groups is 1. The minimum Gasteiger partial charge on any atom is -0.353 e. The monoisotopic (exact) mass is 283 g/mol. The molecule has 3 N–H and O–H groups in total. The standard InChI is InChI=1S/C16H33N3O/c1-4-5-6-8-13(2)18-16(20)12-19-14(3)9-7-10-15(19)11-17/h13-15H,4-12,17H2,1-3H3,(H,18,20). The zero-order chi connectivity index (χ0) is 15.0. The molecule has 1 aliphatic rings. The van der Waals surface area contributed by atoms with Crippen LogP contribution in [0.4, 0.5) is 0 Å². The highest BCUT2D eigenvalue weighted by Gasteiger charge is 2.28. The summed E-state index contributed by atoms with van der Waals surface area (Å²) >= 11 is 0. The van der Waals surface area contributed by atoms with Gasteiger partial charge in [-0.3, -0.25) is 9.69 Å². The largest absolute Gasteiger partial charge is 0.353 e. The lowest BCUT2D eigenvalue weighted by Crippen LogP contribution is -2.53. The molecule has 1 amide bonds. The fraction of sp³-hybridized carbons (Fsp3) is 0.938. The maximum atomic E-state index is 12.2. The van der Waals surface area contributed by atoms with Gasteiger partial charge < -0.3 is 11.1 Å². The van der Waals surface area contributed by atoms with Crippen molar-refractivity contribution in [2.75, 3.05) is 13.1 Å². The molecular weight excluding hydrogens is 250 g/mol. The quantitative estimate of drug-likeness (QED) is 0.672. The average molecular weight is 283 g/mol. The Labute approximate surface area is 124 Å². The number of rotatable bonds is 8. The van der Waals surface area contributed by atoms with E-state index in [0.29, 0.717) is 25.2 Å². The Morgan fingerprint density at radius 3 is 2.80 bits per heavy atom. The van der Waals surface area contributed by atoms with Crippen LogP contribution in [0.2, 0.25) is 0 Å². The van der Waals surface area contributed by atoms with E-state index < -0.39 is 0 Å². The summed E-state index contributed by atoms with van der Waals surface area (Å²) in [6, 6.07) is 1.13. The van der Waals surface area contributed by atoms with Gasteiger partial charge in [0.25, 0.3) is 0 Å². The van der Waals surface area contributed by atoms with Gasteiger partial charge in [-0.05, 0) is 33.1 Å². The van der Waals surface area contributed by atoms with Crippen LogP contribution < -0.4 is 11.1 Å². The Morgan fingerprint density at radius 2 is 2.15 bits per heavy atom. The first kappa shape index (κ1) is 17.4. The van der Waals surface area contributed by atoms with Gasteiger partial charge in [0.15, 0.2) is 0 Å². The van der Waals surface area contributed by atoms with E-state index in [2.05, 4.69) is 31.0 Å².